The summed E-state index contributed by atoms with van der Waals surface area (Å²) in [6.07, 6.45) is 4.89. The zero-order chi connectivity index (χ0) is 8.53. The highest BCUT2D eigenvalue weighted by Crippen LogP contribution is 2.02. The molecule has 0 saturated carbocycles. The molecule has 3 nitrogen and oxygen atoms in total. The van der Waals surface area contributed by atoms with Crippen molar-refractivity contribution in [1.29, 1.82) is 0 Å². The SMILES string of the molecule is CCCCCCC(=O)NSO. The lowest BCUT2D eigenvalue weighted by molar-refractivity contribution is -0.119. The van der Waals surface area contributed by atoms with Crippen LogP contribution in [-0.2, 0) is 4.79 Å². The second-order valence-corrected chi connectivity index (χ2v) is 2.81. The largest absolute Gasteiger partial charge is 0.312 e. The van der Waals surface area contributed by atoms with E-state index in [9.17, 15) is 4.79 Å². The average molecular weight is 177 g/mol. The average Bonchev–Trinajstić information content (AvgIpc) is 1.99. The van der Waals surface area contributed by atoms with E-state index in [1.54, 1.807) is 0 Å². The Morgan fingerprint density at radius 1 is 1.45 bits per heavy atom. The molecule has 0 aliphatic rings. The van der Waals surface area contributed by atoms with Gasteiger partial charge in [0.15, 0.2) is 0 Å². The Hall–Kier alpha value is -0.220. The van der Waals surface area contributed by atoms with Gasteiger partial charge in [0.05, 0.1) is 0 Å². The number of rotatable bonds is 6. The fraction of sp³-hybridized carbons (Fsp3) is 0.857. The van der Waals surface area contributed by atoms with E-state index in [4.69, 9.17) is 4.55 Å². The minimum atomic E-state index is -0.0893. The molecule has 0 aromatic heterocycles. The first-order valence-corrected chi connectivity index (χ1v) is 4.67. The smallest absolute Gasteiger partial charge is 0.231 e. The van der Waals surface area contributed by atoms with Gasteiger partial charge in [-0.3, -0.25) is 9.52 Å². The number of hydrogen-bond acceptors (Lipinski definition) is 3. The van der Waals surface area contributed by atoms with Gasteiger partial charge in [-0.2, -0.15) is 0 Å². The van der Waals surface area contributed by atoms with E-state index in [-0.39, 0.29) is 5.91 Å². The van der Waals surface area contributed by atoms with Gasteiger partial charge >= 0.3 is 0 Å². The molecule has 11 heavy (non-hydrogen) atoms. The van der Waals surface area contributed by atoms with Crippen LogP contribution in [0.2, 0.25) is 0 Å². The Morgan fingerprint density at radius 2 is 2.18 bits per heavy atom. The zero-order valence-electron chi connectivity index (χ0n) is 6.80. The molecule has 0 spiro atoms. The van der Waals surface area contributed by atoms with Crippen LogP contribution in [0.5, 0.6) is 0 Å². The van der Waals surface area contributed by atoms with Gasteiger partial charge in [-0.25, -0.2) is 0 Å². The molecule has 4 heteroatoms. The monoisotopic (exact) mass is 177 g/mol. The van der Waals surface area contributed by atoms with Crippen LogP contribution in [0.4, 0.5) is 0 Å². The summed E-state index contributed by atoms with van der Waals surface area (Å²) in [5.41, 5.74) is 0. The minimum Gasteiger partial charge on any atom is -0.312 e. The molecular formula is C7H15NO2S. The minimum absolute atomic E-state index is 0.0893. The molecule has 66 valence electrons. The first-order valence-electron chi connectivity index (χ1n) is 3.90. The lowest BCUT2D eigenvalue weighted by Crippen LogP contribution is -2.14. The van der Waals surface area contributed by atoms with Crippen LogP contribution >= 0.6 is 12.2 Å². The Balaban J connectivity index is 3.04. The predicted molar refractivity (Wildman–Crippen MR) is 47.1 cm³/mol. The summed E-state index contributed by atoms with van der Waals surface area (Å²) in [7, 11) is 0. The molecule has 0 saturated heterocycles. The van der Waals surface area contributed by atoms with Gasteiger partial charge in [-0.1, -0.05) is 26.2 Å². The first kappa shape index (κ1) is 10.8. The van der Waals surface area contributed by atoms with Crippen molar-refractivity contribution in [3.63, 3.8) is 0 Å². The van der Waals surface area contributed by atoms with Crippen LogP contribution < -0.4 is 4.72 Å². The zero-order valence-corrected chi connectivity index (χ0v) is 7.62. The normalized spacial score (nSPS) is 9.64. The maximum absolute atomic E-state index is 10.7. The number of carbonyl (C=O) groups excluding carboxylic acids is 1. The lowest BCUT2D eigenvalue weighted by Gasteiger charge is -1.98. The summed E-state index contributed by atoms with van der Waals surface area (Å²) in [5, 5.41) is 0. The number of carbonyl (C=O) groups is 1. The fourth-order valence-corrected chi connectivity index (χ4v) is 1.02. The highest BCUT2D eigenvalue weighted by molar-refractivity contribution is 7.92. The van der Waals surface area contributed by atoms with Gasteiger partial charge in [-0.05, 0) is 6.42 Å². The second-order valence-electron chi connectivity index (χ2n) is 2.43. The van der Waals surface area contributed by atoms with Gasteiger partial charge in [0.1, 0.15) is 12.2 Å². The van der Waals surface area contributed by atoms with Gasteiger partial charge < -0.3 is 4.55 Å². The molecule has 0 atom stereocenters. The Morgan fingerprint density at radius 3 is 2.73 bits per heavy atom. The molecule has 0 fully saturated rings. The lowest BCUT2D eigenvalue weighted by atomic mass is 10.1. The van der Waals surface area contributed by atoms with Crippen LogP contribution in [0.3, 0.4) is 0 Å². The van der Waals surface area contributed by atoms with Gasteiger partial charge in [0, 0.05) is 6.42 Å². The molecule has 1 amide bonds. The summed E-state index contributed by atoms with van der Waals surface area (Å²) < 4.78 is 10.5. The van der Waals surface area contributed by atoms with Crippen molar-refractivity contribution < 1.29 is 9.35 Å². The molecule has 0 aliphatic heterocycles. The van der Waals surface area contributed by atoms with Crippen LogP contribution in [0.25, 0.3) is 0 Å². The van der Waals surface area contributed by atoms with E-state index in [2.05, 4.69) is 11.6 Å². The van der Waals surface area contributed by atoms with Gasteiger partial charge in [0.25, 0.3) is 0 Å². The number of unbranched alkanes of at least 4 members (excludes halogenated alkanes) is 3. The summed E-state index contributed by atoms with van der Waals surface area (Å²) in [6, 6.07) is 0. The van der Waals surface area contributed by atoms with Crippen LogP contribution in [0.15, 0.2) is 0 Å². The molecule has 0 rings (SSSR count). The quantitative estimate of drug-likeness (QED) is 0.371. The summed E-state index contributed by atoms with van der Waals surface area (Å²) >= 11 is 0.374. The molecule has 0 aliphatic carbocycles. The topological polar surface area (TPSA) is 49.3 Å². The maximum Gasteiger partial charge on any atom is 0.231 e. The van der Waals surface area contributed by atoms with Crippen molar-refractivity contribution >= 4 is 18.1 Å². The van der Waals surface area contributed by atoms with Crippen molar-refractivity contribution in [2.45, 2.75) is 39.0 Å². The Labute approximate surface area is 71.9 Å². The van der Waals surface area contributed by atoms with Gasteiger partial charge in [0.2, 0.25) is 5.91 Å². The van der Waals surface area contributed by atoms with E-state index < -0.39 is 0 Å². The van der Waals surface area contributed by atoms with E-state index in [1.807, 2.05) is 0 Å². The van der Waals surface area contributed by atoms with Crippen molar-refractivity contribution in [1.82, 2.24) is 4.72 Å². The van der Waals surface area contributed by atoms with Crippen LogP contribution in [0.1, 0.15) is 39.0 Å². The highest BCUT2D eigenvalue weighted by atomic mass is 32.2. The number of nitrogens with one attached hydrogen (secondary N) is 1. The van der Waals surface area contributed by atoms with Crippen molar-refractivity contribution in [2.75, 3.05) is 0 Å². The van der Waals surface area contributed by atoms with E-state index in [0.29, 0.717) is 18.6 Å². The third-order valence-electron chi connectivity index (χ3n) is 1.42. The second kappa shape index (κ2) is 7.88. The molecule has 2 N–H and O–H groups in total. The highest BCUT2D eigenvalue weighted by Gasteiger charge is 1.98. The number of hydrogen-bond donors (Lipinski definition) is 2. The maximum atomic E-state index is 10.7. The summed E-state index contributed by atoms with van der Waals surface area (Å²) in [6.45, 7) is 2.13. The molecule has 0 heterocycles. The van der Waals surface area contributed by atoms with Crippen molar-refractivity contribution in [2.24, 2.45) is 0 Å². The van der Waals surface area contributed by atoms with Crippen LogP contribution in [0, 0.1) is 0 Å². The third kappa shape index (κ3) is 7.68. The molecule has 0 bridgehead atoms. The Bertz CT molecular complexity index is 109. The molecular weight excluding hydrogens is 162 g/mol. The summed E-state index contributed by atoms with van der Waals surface area (Å²) in [5.74, 6) is -0.0893. The van der Waals surface area contributed by atoms with Crippen molar-refractivity contribution in [3.05, 3.63) is 0 Å². The van der Waals surface area contributed by atoms with E-state index >= 15 is 0 Å². The number of amides is 1. The van der Waals surface area contributed by atoms with Crippen molar-refractivity contribution in [3.8, 4) is 0 Å². The summed E-state index contributed by atoms with van der Waals surface area (Å²) in [4.78, 5) is 10.7. The predicted octanol–water partition coefficient (Wildman–Crippen LogP) is 2.19. The van der Waals surface area contributed by atoms with Gasteiger partial charge in [-0.15, -0.1) is 0 Å². The van der Waals surface area contributed by atoms with E-state index in [1.165, 1.54) is 12.8 Å². The molecule has 0 radical (unpaired) electrons. The molecule has 0 unspecified atom stereocenters. The Kier molecular flexibility index (Phi) is 7.72. The third-order valence-corrected chi connectivity index (χ3v) is 1.74. The van der Waals surface area contributed by atoms with Crippen LogP contribution in [-0.4, -0.2) is 10.5 Å². The fourth-order valence-electron chi connectivity index (χ4n) is 0.814. The van der Waals surface area contributed by atoms with E-state index in [0.717, 1.165) is 12.8 Å². The molecule has 0 aromatic carbocycles. The molecule has 0 aromatic rings. The standard InChI is InChI=1S/C7H15NO2S/c1-2-3-4-5-6-7(9)8-11-10/h10H,2-6H2,1H3,(H,8,9). The first-order chi connectivity index (χ1) is 5.31.